The van der Waals surface area contributed by atoms with Crippen LogP contribution >= 0.6 is 11.6 Å². The van der Waals surface area contributed by atoms with Gasteiger partial charge in [-0.15, -0.1) is 0 Å². The topological polar surface area (TPSA) is 56.1 Å². The van der Waals surface area contributed by atoms with E-state index in [-0.39, 0.29) is 12.5 Å². The van der Waals surface area contributed by atoms with Crippen LogP contribution in [0.25, 0.3) is 0 Å². The number of hydrogen-bond donors (Lipinski definition) is 1. The van der Waals surface area contributed by atoms with Crippen LogP contribution in [0.4, 0.5) is 5.69 Å². The van der Waals surface area contributed by atoms with Gasteiger partial charge in [-0.05, 0) is 30.7 Å². The van der Waals surface area contributed by atoms with Gasteiger partial charge in [0.05, 0.1) is 11.9 Å². The van der Waals surface area contributed by atoms with Gasteiger partial charge in [0.15, 0.2) is 6.61 Å². The predicted octanol–water partition coefficient (Wildman–Crippen LogP) is 2.40. The summed E-state index contributed by atoms with van der Waals surface area (Å²) in [7, 11) is 1.78. The molecule has 100 valence electrons. The zero-order chi connectivity index (χ0) is 13.8. The van der Waals surface area contributed by atoms with Crippen molar-refractivity contribution in [1.29, 1.82) is 0 Å². The fraction of sp³-hybridized carbons (Fsp3) is 0.231. The number of carbonyl (C=O) groups is 1. The molecule has 0 radical (unpaired) electrons. The first-order chi connectivity index (χ1) is 9.04. The number of aromatic nitrogens is 2. The lowest BCUT2D eigenvalue weighted by Crippen LogP contribution is -2.20. The number of hydrogen-bond acceptors (Lipinski definition) is 3. The fourth-order valence-electron chi connectivity index (χ4n) is 1.60. The van der Waals surface area contributed by atoms with Crippen molar-refractivity contribution < 1.29 is 9.53 Å². The molecule has 0 atom stereocenters. The third-order valence-electron chi connectivity index (χ3n) is 2.48. The summed E-state index contributed by atoms with van der Waals surface area (Å²) in [6, 6.07) is 5.26. The average Bonchev–Trinajstić information content (AvgIpc) is 2.73. The van der Waals surface area contributed by atoms with Crippen LogP contribution in [0.2, 0.25) is 5.02 Å². The molecular weight excluding hydrogens is 266 g/mol. The molecule has 5 nitrogen and oxygen atoms in total. The van der Waals surface area contributed by atoms with Gasteiger partial charge < -0.3 is 10.1 Å². The Morgan fingerprint density at radius 2 is 2.32 bits per heavy atom. The summed E-state index contributed by atoms with van der Waals surface area (Å²) < 4.78 is 7.05. The molecule has 0 unspecified atom stereocenters. The molecule has 0 aliphatic rings. The normalized spacial score (nSPS) is 10.3. The van der Waals surface area contributed by atoms with E-state index in [4.69, 9.17) is 16.3 Å². The molecule has 1 heterocycles. The van der Waals surface area contributed by atoms with Crippen LogP contribution in [0, 0.1) is 6.92 Å². The number of nitrogens with zero attached hydrogens (tertiary/aromatic N) is 2. The molecule has 19 heavy (non-hydrogen) atoms. The summed E-state index contributed by atoms with van der Waals surface area (Å²) in [5.74, 6) is 0.410. The Kier molecular flexibility index (Phi) is 4.06. The van der Waals surface area contributed by atoms with Crippen LogP contribution in [-0.4, -0.2) is 22.3 Å². The minimum atomic E-state index is -0.234. The van der Waals surface area contributed by atoms with Crippen LogP contribution in [0.5, 0.6) is 5.75 Å². The maximum absolute atomic E-state index is 11.7. The van der Waals surface area contributed by atoms with E-state index in [1.165, 1.54) is 0 Å². The predicted molar refractivity (Wildman–Crippen MR) is 73.5 cm³/mol. The Morgan fingerprint density at radius 1 is 1.53 bits per heavy atom. The molecule has 1 amide bonds. The highest BCUT2D eigenvalue weighted by Gasteiger charge is 2.06. The quantitative estimate of drug-likeness (QED) is 0.935. The molecule has 0 bridgehead atoms. The number of benzene rings is 1. The second kappa shape index (κ2) is 5.75. The van der Waals surface area contributed by atoms with Gasteiger partial charge in [-0.2, -0.15) is 5.10 Å². The van der Waals surface area contributed by atoms with Crippen molar-refractivity contribution in [3.8, 4) is 5.75 Å². The first-order valence-electron chi connectivity index (χ1n) is 5.72. The standard InChI is InChI=1S/C13H14ClN3O2/c1-9-5-10(14)3-4-12(9)19-8-13(18)16-11-6-15-17(2)7-11/h3-7H,8H2,1-2H3,(H,16,18). The van der Waals surface area contributed by atoms with E-state index in [1.54, 1.807) is 42.3 Å². The van der Waals surface area contributed by atoms with Gasteiger partial charge >= 0.3 is 0 Å². The SMILES string of the molecule is Cc1cc(Cl)ccc1OCC(=O)Nc1cnn(C)c1. The maximum atomic E-state index is 11.7. The number of carbonyl (C=O) groups excluding carboxylic acids is 1. The van der Waals surface area contributed by atoms with E-state index >= 15 is 0 Å². The smallest absolute Gasteiger partial charge is 0.262 e. The number of amides is 1. The molecule has 6 heteroatoms. The molecule has 2 aromatic rings. The van der Waals surface area contributed by atoms with E-state index in [2.05, 4.69) is 10.4 Å². The molecule has 0 aliphatic heterocycles. The summed E-state index contributed by atoms with van der Waals surface area (Å²) in [5, 5.41) is 7.29. The van der Waals surface area contributed by atoms with Gasteiger partial charge in [0, 0.05) is 18.3 Å². The Labute approximate surface area is 116 Å². The molecule has 0 aliphatic carbocycles. The highest BCUT2D eigenvalue weighted by Crippen LogP contribution is 2.21. The van der Waals surface area contributed by atoms with E-state index in [0.29, 0.717) is 16.5 Å². The van der Waals surface area contributed by atoms with Crippen molar-refractivity contribution in [3.05, 3.63) is 41.2 Å². The highest BCUT2D eigenvalue weighted by molar-refractivity contribution is 6.30. The molecule has 1 aromatic heterocycles. The highest BCUT2D eigenvalue weighted by atomic mass is 35.5. The maximum Gasteiger partial charge on any atom is 0.262 e. The lowest BCUT2D eigenvalue weighted by atomic mass is 10.2. The van der Waals surface area contributed by atoms with Gasteiger partial charge in [0.1, 0.15) is 5.75 Å². The number of halogens is 1. The van der Waals surface area contributed by atoms with E-state index in [9.17, 15) is 4.79 Å². The molecule has 0 saturated carbocycles. The first kappa shape index (κ1) is 13.4. The lowest BCUT2D eigenvalue weighted by molar-refractivity contribution is -0.118. The zero-order valence-electron chi connectivity index (χ0n) is 10.7. The van der Waals surface area contributed by atoms with Gasteiger partial charge in [0.25, 0.3) is 5.91 Å². The van der Waals surface area contributed by atoms with Gasteiger partial charge in [-0.3, -0.25) is 9.48 Å². The minimum absolute atomic E-state index is 0.0582. The largest absolute Gasteiger partial charge is 0.483 e. The van der Waals surface area contributed by atoms with Crippen LogP contribution in [0.1, 0.15) is 5.56 Å². The molecule has 0 saturated heterocycles. The molecule has 1 N–H and O–H groups in total. The van der Waals surface area contributed by atoms with Crippen LogP contribution < -0.4 is 10.1 Å². The second-order valence-corrected chi connectivity index (χ2v) is 4.59. The monoisotopic (exact) mass is 279 g/mol. The van der Waals surface area contributed by atoms with Crippen LogP contribution in [0.15, 0.2) is 30.6 Å². The van der Waals surface area contributed by atoms with E-state index < -0.39 is 0 Å². The number of rotatable bonds is 4. The Bertz CT molecular complexity index is 595. The molecule has 0 spiro atoms. The van der Waals surface area contributed by atoms with Crippen molar-refractivity contribution in [2.75, 3.05) is 11.9 Å². The average molecular weight is 280 g/mol. The second-order valence-electron chi connectivity index (χ2n) is 4.15. The summed E-state index contributed by atoms with van der Waals surface area (Å²) in [6.07, 6.45) is 3.29. The summed E-state index contributed by atoms with van der Waals surface area (Å²) in [4.78, 5) is 11.7. The van der Waals surface area contributed by atoms with Crippen molar-refractivity contribution >= 4 is 23.2 Å². The van der Waals surface area contributed by atoms with E-state index in [0.717, 1.165) is 5.56 Å². The summed E-state index contributed by atoms with van der Waals surface area (Å²) in [6.45, 7) is 1.82. The number of nitrogens with one attached hydrogen (secondary N) is 1. The third kappa shape index (κ3) is 3.72. The Balaban J connectivity index is 1.89. The first-order valence-corrected chi connectivity index (χ1v) is 6.10. The van der Waals surface area contributed by atoms with Gasteiger partial charge in [0.2, 0.25) is 0 Å². The molecule has 1 aromatic carbocycles. The minimum Gasteiger partial charge on any atom is -0.483 e. The number of aryl methyl sites for hydroxylation is 2. The Morgan fingerprint density at radius 3 is 2.95 bits per heavy atom. The zero-order valence-corrected chi connectivity index (χ0v) is 11.4. The molecular formula is C13H14ClN3O2. The fourth-order valence-corrected chi connectivity index (χ4v) is 1.83. The van der Waals surface area contributed by atoms with Gasteiger partial charge in [-0.1, -0.05) is 11.6 Å². The summed E-state index contributed by atoms with van der Waals surface area (Å²) >= 11 is 5.85. The van der Waals surface area contributed by atoms with Crippen molar-refractivity contribution in [2.45, 2.75) is 6.92 Å². The van der Waals surface area contributed by atoms with Crippen LogP contribution in [-0.2, 0) is 11.8 Å². The van der Waals surface area contributed by atoms with Gasteiger partial charge in [-0.25, -0.2) is 0 Å². The molecule has 0 fully saturated rings. The van der Waals surface area contributed by atoms with Crippen molar-refractivity contribution in [1.82, 2.24) is 9.78 Å². The van der Waals surface area contributed by atoms with Crippen molar-refractivity contribution in [3.63, 3.8) is 0 Å². The third-order valence-corrected chi connectivity index (χ3v) is 2.72. The lowest BCUT2D eigenvalue weighted by Gasteiger charge is -2.08. The molecule has 2 rings (SSSR count). The van der Waals surface area contributed by atoms with Crippen molar-refractivity contribution in [2.24, 2.45) is 7.05 Å². The van der Waals surface area contributed by atoms with Crippen LogP contribution in [0.3, 0.4) is 0 Å². The van der Waals surface area contributed by atoms with E-state index in [1.807, 2.05) is 6.92 Å². The number of ether oxygens (including phenoxy) is 1. The number of anilines is 1. The summed E-state index contributed by atoms with van der Waals surface area (Å²) in [5.41, 5.74) is 1.53. The Hall–Kier alpha value is -2.01.